The number of hydrogen-bond acceptors (Lipinski definition) is 4. The highest BCUT2D eigenvalue weighted by Crippen LogP contribution is 2.54. The van der Waals surface area contributed by atoms with Crippen LogP contribution in [0.25, 0.3) is 0 Å². The van der Waals surface area contributed by atoms with Crippen molar-refractivity contribution < 1.29 is 31.6 Å². The summed E-state index contributed by atoms with van der Waals surface area (Å²) in [6.45, 7) is 6.75. The molecule has 2 aromatic rings. The molecule has 200 valence electrons. The Morgan fingerprint density at radius 3 is 2.00 bits per heavy atom. The van der Waals surface area contributed by atoms with Gasteiger partial charge in [-0.1, -0.05) is 67.6 Å². The van der Waals surface area contributed by atoms with Crippen LogP contribution < -0.4 is 0 Å². The minimum atomic E-state index is -5.04. The Morgan fingerprint density at radius 1 is 0.972 bits per heavy atom. The highest BCUT2D eigenvalue weighted by Gasteiger charge is 2.47. The molecule has 5 nitrogen and oxygen atoms in total. The number of nitrogens with zero attached hydrogens (tertiary/aromatic N) is 1. The molecule has 0 aliphatic carbocycles. The number of carbonyl (C=O) groups excluding carboxylic acids is 1. The minimum absolute atomic E-state index is 0.0976. The number of rotatable bonds is 14. The van der Waals surface area contributed by atoms with E-state index in [-0.39, 0.29) is 25.9 Å². The third-order valence-electron chi connectivity index (χ3n) is 6.12. The predicted molar refractivity (Wildman–Crippen MR) is 136 cm³/mol. The average molecular weight is 528 g/mol. The molecule has 0 aromatic heterocycles. The summed E-state index contributed by atoms with van der Waals surface area (Å²) >= 11 is 0. The smallest absolute Gasteiger partial charge is 0.328 e. The van der Waals surface area contributed by atoms with Crippen LogP contribution in [0, 0.1) is 5.41 Å². The lowest BCUT2D eigenvalue weighted by atomic mass is 9.84. The number of alkyl halides is 3. The van der Waals surface area contributed by atoms with Gasteiger partial charge in [0.1, 0.15) is 0 Å². The molecule has 2 atom stereocenters. The van der Waals surface area contributed by atoms with Gasteiger partial charge in [0.05, 0.1) is 25.4 Å². The van der Waals surface area contributed by atoms with Gasteiger partial charge in [-0.3, -0.25) is 9.36 Å². The van der Waals surface area contributed by atoms with Gasteiger partial charge < -0.3 is 13.9 Å². The van der Waals surface area contributed by atoms with Crippen molar-refractivity contribution in [2.75, 3.05) is 25.9 Å². The topological polar surface area (TPSA) is 55.8 Å². The lowest BCUT2D eigenvalue weighted by molar-refractivity contribution is -0.189. The number of hydrogen-bond donors (Lipinski definition) is 0. The van der Waals surface area contributed by atoms with Gasteiger partial charge in [-0.25, -0.2) is 0 Å². The second kappa shape index (κ2) is 13.4. The molecule has 0 aliphatic heterocycles. The second-order valence-electron chi connectivity index (χ2n) is 9.27. The molecule has 0 fully saturated rings. The van der Waals surface area contributed by atoms with Gasteiger partial charge >= 0.3 is 19.7 Å². The second-order valence-corrected chi connectivity index (χ2v) is 11.3. The molecule has 0 heterocycles. The van der Waals surface area contributed by atoms with E-state index in [0.717, 1.165) is 10.5 Å². The molecule has 1 amide bonds. The van der Waals surface area contributed by atoms with Crippen LogP contribution in [0.4, 0.5) is 13.2 Å². The largest absolute Gasteiger partial charge is 0.471 e. The monoisotopic (exact) mass is 527 g/mol. The molecule has 0 radical (unpaired) electrons. The standard InChI is InChI=1S/C27H37F3NO4P/c1-5-34-36(33,35-6-2)21-26(4,19-13-16-23-14-9-7-10-15-23)20-31(25(32)27(28,29)30)22(3)24-17-11-8-12-18-24/h7-12,14-15,17-18,22H,5-6,13,16,19-21H2,1-4H3/t22-,26-/m1/s1. The van der Waals surface area contributed by atoms with E-state index in [9.17, 15) is 22.5 Å². The number of carbonyl (C=O) groups is 1. The number of aryl methyl sites for hydroxylation is 1. The van der Waals surface area contributed by atoms with E-state index in [2.05, 4.69) is 0 Å². The van der Waals surface area contributed by atoms with E-state index in [4.69, 9.17) is 9.05 Å². The van der Waals surface area contributed by atoms with Gasteiger partial charge in [0.25, 0.3) is 0 Å². The van der Waals surface area contributed by atoms with E-state index in [1.807, 2.05) is 30.3 Å². The molecule has 0 saturated carbocycles. The van der Waals surface area contributed by atoms with E-state index in [1.165, 1.54) is 0 Å². The maximum Gasteiger partial charge on any atom is 0.471 e. The first kappa shape index (κ1) is 30.1. The summed E-state index contributed by atoms with van der Waals surface area (Å²) in [4.78, 5) is 13.5. The lowest BCUT2D eigenvalue weighted by Crippen LogP contribution is -2.48. The highest BCUT2D eigenvalue weighted by atomic mass is 31.2. The molecule has 0 bridgehead atoms. The summed E-state index contributed by atoms with van der Waals surface area (Å²) in [6, 6.07) is 17.5. The number of halogens is 3. The van der Waals surface area contributed by atoms with E-state index >= 15 is 0 Å². The first-order valence-electron chi connectivity index (χ1n) is 12.3. The van der Waals surface area contributed by atoms with Crippen molar-refractivity contribution in [1.29, 1.82) is 0 Å². The summed E-state index contributed by atoms with van der Waals surface area (Å²) in [7, 11) is -3.60. The van der Waals surface area contributed by atoms with Crippen LogP contribution in [-0.2, 0) is 24.8 Å². The van der Waals surface area contributed by atoms with Gasteiger partial charge in [0.2, 0.25) is 0 Å². The Bertz CT molecular complexity index is 978. The van der Waals surface area contributed by atoms with E-state index in [0.29, 0.717) is 24.8 Å². The highest BCUT2D eigenvalue weighted by molar-refractivity contribution is 7.53. The van der Waals surface area contributed by atoms with Gasteiger partial charge in [-0.2, -0.15) is 13.2 Å². The van der Waals surface area contributed by atoms with Crippen LogP contribution in [0.5, 0.6) is 0 Å². The Balaban J connectivity index is 2.40. The SMILES string of the molecule is CCOP(=O)(C[C@](C)(CCCc1ccccc1)CN(C(=O)C(F)(F)F)[C@H](C)c1ccccc1)OCC. The average Bonchev–Trinajstić information content (AvgIpc) is 2.82. The molecule has 0 saturated heterocycles. The first-order chi connectivity index (χ1) is 16.9. The van der Waals surface area contributed by atoms with Crippen molar-refractivity contribution in [3.63, 3.8) is 0 Å². The third-order valence-corrected chi connectivity index (χ3v) is 8.57. The summed E-state index contributed by atoms with van der Waals surface area (Å²) in [5.74, 6) is -1.92. The summed E-state index contributed by atoms with van der Waals surface area (Å²) in [5.41, 5.74) is 0.719. The van der Waals surface area contributed by atoms with Gasteiger partial charge in [0.15, 0.2) is 0 Å². The fourth-order valence-electron chi connectivity index (χ4n) is 4.43. The maximum absolute atomic E-state index is 13.7. The molecular weight excluding hydrogens is 490 g/mol. The molecule has 9 heteroatoms. The Kier molecular flexibility index (Phi) is 11.2. The zero-order valence-electron chi connectivity index (χ0n) is 21.5. The van der Waals surface area contributed by atoms with E-state index < -0.39 is 31.1 Å². The first-order valence-corrected chi connectivity index (χ1v) is 14.0. The molecule has 0 N–H and O–H groups in total. The zero-order chi connectivity index (χ0) is 26.8. The van der Waals surface area contributed by atoms with Crippen LogP contribution in [0.15, 0.2) is 60.7 Å². The fourth-order valence-corrected chi connectivity index (χ4v) is 6.67. The van der Waals surface area contributed by atoms with Crippen molar-refractivity contribution in [2.24, 2.45) is 5.41 Å². The predicted octanol–water partition coefficient (Wildman–Crippen LogP) is 7.43. The zero-order valence-corrected chi connectivity index (χ0v) is 22.4. The Labute approximate surface area is 212 Å². The molecule has 2 aromatic carbocycles. The van der Waals surface area contributed by atoms with Crippen molar-refractivity contribution in [2.45, 2.75) is 59.2 Å². The van der Waals surface area contributed by atoms with Crippen molar-refractivity contribution in [3.8, 4) is 0 Å². The van der Waals surface area contributed by atoms with Gasteiger partial charge in [0, 0.05) is 6.54 Å². The summed E-state index contributed by atoms with van der Waals surface area (Å²) < 4.78 is 65.6. The van der Waals surface area contributed by atoms with Crippen molar-refractivity contribution >= 4 is 13.5 Å². The van der Waals surface area contributed by atoms with E-state index in [1.54, 1.807) is 58.0 Å². The Morgan fingerprint density at radius 2 is 1.50 bits per heavy atom. The quantitative estimate of drug-likeness (QED) is 0.240. The van der Waals surface area contributed by atoms with Gasteiger partial charge in [-0.15, -0.1) is 0 Å². The maximum atomic E-state index is 13.7. The third kappa shape index (κ3) is 9.06. The van der Waals surface area contributed by atoms with Crippen LogP contribution in [0.1, 0.15) is 57.7 Å². The molecule has 0 spiro atoms. The molecule has 36 heavy (non-hydrogen) atoms. The lowest BCUT2D eigenvalue weighted by Gasteiger charge is -2.40. The van der Waals surface area contributed by atoms with Crippen LogP contribution in [0.3, 0.4) is 0 Å². The van der Waals surface area contributed by atoms with Crippen LogP contribution in [-0.4, -0.2) is 42.9 Å². The Hall–Kier alpha value is -2.15. The number of benzene rings is 2. The number of amides is 1. The fraction of sp³-hybridized carbons (Fsp3) is 0.519. The van der Waals surface area contributed by atoms with Crippen LogP contribution in [0.2, 0.25) is 0 Å². The van der Waals surface area contributed by atoms with Crippen molar-refractivity contribution in [1.82, 2.24) is 4.90 Å². The van der Waals surface area contributed by atoms with Crippen LogP contribution >= 0.6 is 7.60 Å². The summed E-state index contributed by atoms with van der Waals surface area (Å²) in [6.07, 6.45) is -3.38. The van der Waals surface area contributed by atoms with Gasteiger partial charge in [-0.05, 0) is 56.6 Å². The minimum Gasteiger partial charge on any atom is -0.328 e. The summed E-state index contributed by atoms with van der Waals surface area (Å²) in [5, 5.41) is 0. The molecule has 2 rings (SSSR count). The molecular formula is C27H37F3NO4P. The normalized spacial score (nSPS) is 14.8. The molecule has 0 aliphatic rings. The van der Waals surface area contributed by atoms with Crippen molar-refractivity contribution in [3.05, 3.63) is 71.8 Å². The molecule has 0 unspecified atom stereocenters.